The maximum absolute atomic E-state index is 12.5. The third-order valence-corrected chi connectivity index (χ3v) is 4.10. The van der Waals surface area contributed by atoms with E-state index >= 15 is 0 Å². The van der Waals surface area contributed by atoms with E-state index in [0.717, 1.165) is 5.56 Å². The van der Waals surface area contributed by atoms with Crippen LogP contribution in [0.4, 0.5) is 0 Å². The van der Waals surface area contributed by atoms with E-state index in [0.29, 0.717) is 22.6 Å². The number of hydrogen-bond donors (Lipinski definition) is 0. The fourth-order valence-corrected chi connectivity index (χ4v) is 2.61. The summed E-state index contributed by atoms with van der Waals surface area (Å²) in [5.41, 5.74) is 2.04. The van der Waals surface area contributed by atoms with Crippen LogP contribution in [0.3, 0.4) is 0 Å². The van der Waals surface area contributed by atoms with E-state index in [1.807, 2.05) is 12.1 Å². The van der Waals surface area contributed by atoms with Crippen molar-refractivity contribution in [1.29, 1.82) is 0 Å². The molecule has 0 fully saturated rings. The van der Waals surface area contributed by atoms with Gasteiger partial charge in [0, 0.05) is 5.56 Å². The van der Waals surface area contributed by atoms with Crippen LogP contribution in [0.2, 0.25) is 0 Å². The van der Waals surface area contributed by atoms with Crippen LogP contribution in [0.5, 0.6) is 11.5 Å². The van der Waals surface area contributed by atoms with Gasteiger partial charge in [-0.25, -0.2) is 0 Å². The molecule has 132 valence electrons. The number of benzene rings is 2. The van der Waals surface area contributed by atoms with Crippen molar-refractivity contribution in [3.8, 4) is 11.5 Å². The zero-order valence-electron chi connectivity index (χ0n) is 15.4. The molecule has 0 heterocycles. The second-order valence-corrected chi connectivity index (χ2v) is 6.89. The third kappa shape index (κ3) is 4.27. The second-order valence-electron chi connectivity index (χ2n) is 6.89. The molecule has 0 bridgehead atoms. The summed E-state index contributed by atoms with van der Waals surface area (Å²) in [4.78, 5) is 25.0. The number of carbonyl (C=O) groups is 2. The largest absolute Gasteiger partial charge is 0.493 e. The lowest BCUT2D eigenvalue weighted by atomic mass is 9.86. The topological polar surface area (TPSA) is 52.6 Å². The molecule has 0 spiro atoms. The first-order valence-corrected chi connectivity index (χ1v) is 8.16. The fourth-order valence-electron chi connectivity index (χ4n) is 2.61. The first kappa shape index (κ1) is 18.7. The van der Waals surface area contributed by atoms with Crippen LogP contribution in [0.1, 0.15) is 53.5 Å². The summed E-state index contributed by atoms with van der Waals surface area (Å²) in [6, 6.07) is 12.5. The normalized spacial score (nSPS) is 11.1. The maximum atomic E-state index is 12.5. The number of ether oxygens (including phenoxy) is 2. The number of methoxy groups -OCH3 is 2. The molecule has 0 unspecified atom stereocenters. The van der Waals surface area contributed by atoms with Gasteiger partial charge in [-0.15, -0.1) is 0 Å². The summed E-state index contributed by atoms with van der Waals surface area (Å²) in [6.45, 7) is 6.34. The summed E-state index contributed by atoms with van der Waals surface area (Å²) in [5.74, 6) is 0.317. The fraction of sp³-hybridized carbons (Fsp3) is 0.333. The van der Waals surface area contributed by atoms with Gasteiger partial charge in [-0.3, -0.25) is 9.59 Å². The number of para-hydroxylation sites is 1. The van der Waals surface area contributed by atoms with Gasteiger partial charge < -0.3 is 9.47 Å². The van der Waals surface area contributed by atoms with E-state index in [1.54, 1.807) is 30.3 Å². The van der Waals surface area contributed by atoms with Gasteiger partial charge in [0.25, 0.3) is 0 Å². The number of rotatable bonds is 6. The first-order chi connectivity index (χ1) is 11.8. The molecule has 0 radical (unpaired) electrons. The lowest BCUT2D eigenvalue weighted by Crippen LogP contribution is -2.13. The molecule has 25 heavy (non-hydrogen) atoms. The van der Waals surface area contributed by atoms with E-state index in [9.17, 15) is 9.59 Å². The summed E-state index contributed by atoms with van der Waals surface area (Å²) in [5, 5.41) is 0. The molecule has 0 aliphatic carbocycles. The van der Waals surface area contributed by atoms with Crippen molar-refractivity contribution in [3.05, 3.63) is 59.2 Å². The van der Waals surface area contributed by atoms with Gasteiger partial charge in [-0.05, 0) is 23.1 Å². The van der Waals surface area contributed by atoms with Crippen LogP contribution < -0.4 is 9.47 Å². The van der Waals surface area contributed by atoms with Crippen LogP contribution in [-0.2, 0) is 5.41 Å². The van der Waals surface area contributed by atoms with Crippen LogP contribution in [0, 0.1) is 0 Å². The highest BCUT2D eigenvalue weighted by atomic mass is 16.5. The summed E-state index contributed by atoms with van der Waals surface area (Å²) >= 11 is 0. The Bertz CT molecular complexity index is 767. The van der Waals surface area contributed by atoms with E-state index in [4.69, 9.17) is 9.47 Å². The molecule has 2 aromatic rings. The highest BCUT2D eigenvalue weighted by molar-refractivity contribution is 6.14. The van der Waals surface area contributed by atoms with Crippen molar-refractivity contribution in [2.24, 2.45) is 0 Å². The van der Waals surface area contributed by atoms with Crippen LogP contribution in [-0.4, -0.2) is 25.8 Å². The number of ketones is 2. The minimum atomic E-state index is -0.291. The number of hydrogen-bond acceptors (Lipinski definition) is 4. The monoisotopic (exact) mass is 340 g/mol. The van der Waals surface area contributed by atoms with Crippen LogP contribution in [0.15, 0.2) is 42.5 Å². The molecule has 0 saturated carbocycles. The molecule has 4 heteroatoms. The molecule has 0 saturated heterocycles. The standard InChI is InChI=1S/C21H24O4/c1-21(2,3)15-11-9-14(10-12-15)17(22)13-18(23)16-7-6-8-19(24-4)20(16)25-5/h6-12H,13H2,1-5H3. The Hall–Kier alpha value is -2.62. The van der Waals surface area contributed by atoms with Crippen molar-refractivity contribution in [1.82, 2.24) is 0 Å². The van der Waals surface area contributed by atoms with E-state index in [1.165, 1.54) is 14.2 Å². The smallest absolute Gasteiger partial charge is 0.174 e. The molecule has 0 N–H and O–H groups in total. The van der Waals surface area contributed by atoms with Gasteiger partial charge in [0.15, 0.2) is 23.1 Å². The van der Waals surface area contributed by atoms with Gasteiger partial charge in [0.1, 0.15) is 0 Å². The summed E-state index contributed by atoms with van der Waals surface area (Å²) in [6.07, 6.45) is -0.210. The van der Waals surface area contributed by atoms with Crippen molar-refractivity contribution in [2.45, 2.75) is 32.6 Å². The van der Waals surface area contributed by atoms with E-state index < -0.39 is 0 Å². The third-order valence-electron chi connectivity index (χ3n) is 4.10. The average molecular weight is 340 g/mol. The molecule has 4 nitrogen and oxygen atoms in total. The van der Waals surface area contributed by atoms with Crippen LogP contribution >= 0.6 is 0 Å². The highest BCUT2D eigenvalue weighted by Crippen LogP contribution is 2.31. The minimum Gasteiger partial charge on any atom is -0.493 e. The zero-order chi connectivity index (χ0) is 18.6. The predicted octanol–water partition coefficient (Wildman–Crippen LogP) is 4.46. The highest BCUT2D eigenvalue weighted by Gasteiger charge is 2.20. The van der Waals surface area contributed by atoms with Gasteiger partial charge >= 0.3 is 0 Å². The molecular weight excluding hydrogens is 316 g/mol. The molecule has 2 rings (SSSR count). The predicted molar refractivity (Wildman–Crippen MR) is 98.0 cm³/mol. The van der Waals surface area contributed by atoms with Crippen molar-refractivity contribution in [2.75, 3.05) is 14.2 Å². The molecular formula is C21H24O4. The van der Waals surface area contributed by atoms with Crippen molar-refractivity contribution in [3.63, 3.8) is 0 Å². The van der Waals surface area contributed by atoms with Gasteiger partial charge in [-0.2, -0.15) is 0 Å². The lowest BCUT2D eigenvalue weighted by Gasteiger charge is -2.19. The van der Waals surface area contributed by atoms with Crippen molar-refractivity contribution >= 4 is 11.6 Å². The van der Waals surface area contributed by atoms with Gasteiger partial charge in [-0.1, -0.05) is 51.1 Å². The first-order valence-electron chi connectivity index (χ1n) is 8.16. The number of carbonyl (C=O) groups excluding carboxylic acids is 2. The molecule has 2 aromatic carbocycles. The maximum Gasteiger partial charge on any atom is 0.174 e. The Labute approximate surface area is 148 Å². The molecule has 0 aromatic heterocycles. The Morgan fingerprint density at radius 2 is 1.52 bits per heavy atom. The Morgan fingerprint density at radius 3 is 2.04 bits per heavy atom. The van der Waals surface area contributed by atoms with Crippen LogP contribution in [0.25, 0.3) is 0 Å². The lowest BCUT2D eigenvalue weighted by molar-refractivity contribution is 0.0892. The summed E-state index contributed by atoms with van der Waals surface area (Å²) in [7, 11) is 2.98. The average Bonchev–Trinajstić information content (AvgIpc) is 2.60. The summed E-state index contributed by atoms with van der Waals surface area (Å²) < 4.78 is 10.5. The molecule has 0 aliphatic rings. The zero-order valence-corrected chi connectivity index (χ0v) is 15.4. The molecule has 0 aliphatic heterocycles. The quantitative estimate of drug-likeness (QED) is 0.575. The van der Waals surface area contributed by atoms with E-state index in [2.05, 4.69) is 20.8 Å². The SMILES string of the molecule is COc1cccc(C(=O)CC(=O)c2ccc(C(C)(C)C)cc2)c1OC. The number of Topliss-reactive ketones (excluding diaryl/α,β-unsaturated/α-hetero) is 2. The molecule has 0 atom stereocenters. The van der Waals surface area contributed by atoms with E-state index in [-0.39, 0.29) is 23.4 Å². The van der Waals surface area contributed by atoms with Crippen molar-refractivity contribution < 1.29 is 19.1 Å². The second kappa shape index (κ2) is 7.51. The minimum absolute atomic E-state index is 0.0192. The van der Waals surface area contributed by atoms with Gasteiger partial charge in [0.05, 0.1) is 26.2 Å². The Kier molecular flexibility index (Phi) is 5.62. The van der Waals surface area contributed by atoms with Gasteiger partial charge in [0.2, 0.25) is 0 Å². The Morgan fingerprint density at radius 1 is 0.880 bits per heavy atom. The Balaban J connectivity index is 2.20. The molecule has 0 amide bonds.